The first-order valence-corrected chi connectivity index (χ1v) is 6.06. The van der Waals surface area contributed by atoms with Gasteiger partial charge in [-0.05, 0) is 30.5 Å². The minimum absolute atomic E-state index is 0. The molecule has 106 valence electrons. The van der Waals surface area contributed by atoms with Gasteiger partial charge in [-0.25, -0.2) is 4.39 Å². The molecule has 0 radical (unpaired) electrons. The molecule has 2 N–H and O–H groups in total. The minimum atomic E-state index is -0.177. The number of nitrogens with one attached hydrogen (secondary N) is 2. The Balaban J connectivity index is 0.00000324. The molecule has 3 nitrogen and oxygen atoms in total. The highest BCUT2D eigenvalue weighted by atomic mass is 127. The Bertz CT molecular complexity index is 407. The molecule has 0 spiro atoms. The molecule has 0 aromatic heterocycles. The molecule has 1 aromatic carbocycles. The van der Waals surface area contributed by atoms with Gasteiger partial charge in [0.05, 0.1) is 0 Å². The van der Waals surface area contributed by atoms with Gasteiger partial charge < -0.3 is 10.6 Å². The van der Waals surface area contributed by atoms with Gasteiger partial charge >= 0.3 is 0 Å². The normalized spacial score (nSPS) is 10.5. The molecule has 5 heteroatoms. The zero-order valence-electron chi connectivity index (χ0n) is 11.2. The maximum Gasteiger partial charge on any atom is 0.191 e. The van der Waals surface area contributed by atoms with Crippen molar-refractivity contribution in [2.24, 2.45) is 4.99 Å². The Morgan fingerprint density at radius 2 is 2.21 bits per heavy atom. The van der Waals surface area contributed by atoms with Crippen molar-refractivity contribution < 1.29 is 4.39 Å². The number of hydrogen-bond acceptors (Lipinski definition) is 1. The predicted molar refractivity (Wildman–Crippen MR) is 89.7 cm³/mol. The molecule has 0 aliphatic rings. The van der Waals surface area contributed by atoms with Gasteiger partial charge in [0.2, 0.25) is 0 Å². The number of aryl methyl sites for hydroxylation is 1. The summed E-state index contributed by atoms with van der Waals surface area (Å²) in [5, 5.41) is 6.27. The topological polar surface area (TPSA) is 36.4 Å². The number of nitrogens with zero attached hydrogens (tertiary/aromatic N) is 1. The lowest BCUT2D eigenvalue weighted by molar-refractivity contribution is 0.624. The Labute approximate surface area is 131 Å². The minimum Gasteiger partial charge on any atom is -0.356 e. The lowest BCUT2D eigenvalue weighted by Gasteiger charge is -2.10. The fraction of sp³-hybridized carbons (Fsp3) is 0.357. The molecule has 0 unspecified atom stereocenters. The maximum absolute atomic E-state index is 12.9. The number of hydrogen-bond donors (Lipinski definition) is 2. The lowest BCUT2D eigenvalue weighted by atomic mass is 10.1. The van der Waals surface area contributed by atoms with E-state index in [1.165, 1.54) is 6.07 Å². The highest BCUT2D eigenvalue weighted by Gasteiger charge is 1.97. The van der Waals surface area contributed by atoms with E-state index in [0.29, 0.717) is 6.54 Å². The van der Waals surface area contributed by atoms with E-state index in [1.54, 1.807) is 25.3 Å². The first kappa shape index (κ1) is 17.9. The first-order valence-electron chi connectivity index (χ1n) is 6.06. The van der Waals surface area contributed by atoms with Gasteiger partial charge in [-0.3, -0.25) is 4.99 Å². The van der Waals surface area contributed by atoms with Crippen molar-refractivity contribution in [1.82, 2.24) is 10.6 Å². The summed E-state index contributed by atoms with van der Waals surface area (Å²) in [5.41, 5.74) is 1.02. The summed E-state index contributed by atoms with van der Waals surface area (Å²) in [6.45, 7) is 5.11. The van der Waals surface area contributed by atoms with Crippen LogP contribution in [0.25, 0.3) is 0 Å². The monoisotopic (exact) mass is 377 g/mol. The third-order valence-electron chi connectivity index (χ3n) is 2.46. The van der Waals surface area contributed by atoms with Crippen molar-refractivity contribution in [3.05, 3.63) is 48.3 Å². The highest BCUT2D eigenvalue weighted by Crippen LogP contribution is 2.05. The molecule has 0 heterocycles. The van der Waals surface area contributed by atoms with Gasteiger partial charge in [0.15, 0.2) is 5.96 Å². The summed E-state index contributed by atoms with van der Waals surface area (Å²) in [4.78, 5) is 4.07. The summed E-state index contributed by atoms with van der Waals surface area (Å²) in [6, 6.07) is 6.71. The predicted octanol–water partition coefficient (Wildman–Crippen LogP) is 2.73. The first-order chi connectivity index (χ1) is 8.76. The van der Waals surface area contributed by atoms with E-state index in [2.05, 4.69) is 22.2 Å². The largest absolute Gasteiger partial charge is 0.356 e. The molecule has 19 heavy (non-hydrogen) atoms. The van der Waals surface area contributed by atoms with Crippen LogP contribution in [-0.2, 0) is 6.42 Å². The van der Waals surface area contributed by atoms with Crippen molar-refractivity contribution >= 4 is 29.9 Å². The quantitative estimate of drug-likeness (QED) is 0.263. The van der Waals surface area contributed by atoms with Gasteiger partial charge in [0.25, 0.3) is 0 Å². The maximum atomic E-state index is 12.9. The molecule has 0 aliphatic heterocycles. The van der Waals surface area contributed by atoms with Crippen LogP contribution in [-0.4, -0.2) is 26.1 Å². The van der Waals surface area contributed by atoms with E-state index in [-0.39, 0.29) is 29.8 Å². The molecule has 1 rings (SSSR count). The Morgan fingerprint density at radius 1 is 1.42 bits per heavy atom. The molecule has 1 aromatic rings. The second-order valence-electron chi connectivity index (χ2n) is 3.90. The SMILES string of the molecule is C=CCNC(=NC)NCCCc1cccc(F)c1.I. The van der Waals surface area contributed by atoms with Gasteiger partial charge in [0.1, 0.15) is 5.82 Å². The van der Waals surface area contributed by atoms with Crippen LogP contribution in [0.15, 0.2) is 41.9 Å². The zero-order valence-corrected chi connectivity index (χ0v) is 13.5. The Kier molecular flexibility index (Phi) is 10.1. The summed E-state index contributed by atoms with van der Waals surface area (Å²) in [5.74, 6) is 0.582. The van der Waals surface area contributed by atoms with Crippen molar-refractivity contribution in [2.75, 3.05) is 20.1 Å². The van der Waals surface area contributed by atoms with Crippen LogP contribution < -0.4 is 10.6 Å². The van der Waals surface area contributed by atoms with Crippen LogP contribution in [0.2, 0.25) is 0 Å². The van der Waals surface area contributed by atoms with Crippen LogP contribution in [0.4, 0.5) is 4.39 Å². The molecule has 0 fully saturated rings. The van der Waals surface area contributed by atoms with Gasteiger partial charge in [-0.15, -0.1) is 30.6 Å². The van der Waals surface area contributed by atoms with E-state index in [0.717, 1.165) is 30.9 Å². The van der Waals surface area contributed by atoms with Crippen LogP contribution >= 0.6 is 24.0 Å². The second kappa shape index (κ2) is 10.8. The standard InChI is InChI=1S/C14H20FN3.HI/c1-3-9-17-14(16-2)18-10-5-7-12-6-4-8-13(15)11-12;/h3-4,6,8,11H,1,5,7,9-10H2,2H3,(H2,16,17,18);1H. The number of rotatable bonds is 6. The molecule has 0 saturated carbocycles. The van der Waals surface area contributed by atoms with Gasteiger partial charge in [-0.1, -0.05) is 18.2 Å². The van der Waals surface area contributed by atoms with Gasteiger partial charge in [-0.2, -0.15) is 0 Å². The van der Waals surface area contributed by atoms with Crippen LogP contribution in [0.1, 0.15) is 12.0 Å². The van der Waals surface area contributed by atoms with Crippen molar-refractivity contribution in [3.8, 4) is 0 Å². The molecule has 0 aliphatic carbocycles. The summed E-state index contributed by atoms with van der Waals surface area (Å²) in [7, 11) is 1.73. The van der Waals surface area contributed by atoms with E-state index in [9.17, 15) is 4.39 Å². The summed E-state index contributed by atoms with van der Waals surface area (Å²) in [6.07, 6.45) is 3.56. The fourth-order valence-corrected chi connectivity index (χ4v) is 1.58. The van der Waals surface area contributed by atoms with E-state index >= 15 is 0 Å². The van der Waals surface area contributed by atoms with Crippen molar-refractivity contribution in [2.45, 2.75) is 12.8 Å². The fourth-order valence-electron chi connectivity index (χ4n) is 1.58. The molecule has 0 bridgehead atoms. The average molecular weight is 377 g/mol. The highest BCUT2D eigenvalue weighted by molar-refractivity contribution is 14.0. The smallest absolute Gasteiger partial charge is 0.191 e. The molecular formula is C14H21FIN3. The summed E-state index contributed by atoms with van der Waals surface area (Å²) >= 11 is 0. The van der Waals surface area contributed by atoms with Crippen molar-refractivity contribution in [1.29, 1.82) is 0 Å². The second-order valence-corrected chi connectivity index (χ2v) is 3.90. The number of benzene rings is 1. The number of guanidine groups is 1. The van der Waals surface area contributed by atoms with E-state index in [1.807, 2.05) is 6.07 Å². The number of halogens is 2. The third kappa shape index (κ3) is 7.81. The van der Waals surface area contributed by atoms with Gasteiger partial charge in [0, 0.05) is 20.1 Å². The molecule has 0 atom stereocenters. The van der Waals surface area contributed by atoms with Crippen molar-refractivity contribution in [3.63, 3.8) is 0 Å². The molecule has 0 amide bonds. The third-order valence-corrected chi connectivity index (χ3v) is 2.46. The zero-order chi connectivity index (χ0) is 13.2. The van der Waals surface area contributed by atoms with Crippen LogP contribution in [0.3, 0.4) is 0 Å². The average Bonchev–Trinajstić information content (AvgIpc) is 2.38. The van der Waals surface area contributed by atoms with E-state index in [4.69, 9.17) is 0 Å². The molecule has 0 saturated heterocycles. The molecular weight excluding hydrogens is 356 g/mol. The Hall–Kier alpha value is -1.11. The summed E-state index contributed by atoms with van der Waals surface area (Å²) < 4.78 is 12.9. The lowest BCUT2D eigenvalue weighted by Crippen LogP contribution is -2.37. The Morgan fingerprint density at radius 3 is 2.84 bits per heavy atom. The van der Waals surface area contributed by atoms with Crippen LogP contribution in [0.5, 0.6) is 0 Å². The van der Waals surface area contributed by atoms with Crippen LogP contribution in [0, 0.1) is 5.82 Å². The van der Waals surface area contributed by atoms with E-state index < -0.39 is 0 Å². The number of aliphatic imine (C=N–C) groups is 1.